The van der Waals surface area contributed by atoms with E-state index in [0.29, 0.717) is 32.8 Å². The maximum Gasteiger partial charge on any atom is 0.338 e. The van der Waals surface area contributed by atoms with E-state index in [0.717, 1.165) is 19.3 Å². The third-order valence-electron chi connectivity index (χ3n) is 5.29. The van der Waals surface area contributed by atoms with Crippen LogP contribution in [-0.2, 0) is 9.53 Å². The Kier molecular flexibility index (Phi) is 5.49. The number of nitrogens with zero attached hydrogens (tertiary/aromatic N) is 1. The molecule has 1 aromatic rings. The lowest BCUT2D eigenvalue weighted by Gasteiger charge is -2.34. The number of esters is 1. The van der Waals surface area contributed by atoms with Gasteiger partial charge in [0, 0.05) is 12.7 Å². The first-order chi connectivity index (χ1) is 12.3. The Morgan fingerprint density at radius 1 is 1.27 bits per heavy atom. The Bertz CT molecular complexity index is 778. The predicted molar refractivity (Wildman–Crippen MR) is 101 cm³/mol. The van der Waals surface area contributed by atoms with Gasteiger partial charge in [-0.15, -0.1) is 0 Å². The molecule has 140 valence electrons. The van der Waals surface area contributed by atoms with Crippen molar-refractivity contribution in [2.45, 2.75) is 45.3 Å². The van der Waals surface area contributed by atoms with Crippen LogP contribution >= 0.6 is 23.2 Å². The van der Waals surface area contributed by atoms with E-state index in [1.165, 1.54) is 4.90 Å². The monoisotopic (exact) mass is 396 g/mol. The first-order valence-corrected chi connectivity index (χ1v) is 9.46. The number of carbonyl (C=O) groups excluding carboxylic acids is 2. The van der Waals surface area contributed by atoms with E-state index in [4.69, 9.17) is 27.9 Å². The zero-order valence-electron chi connectivity index (χ0n) is 15.0. The third-order valence-corrected chi connectivity index (χ3v) is 6.03. The van der Waals surface area contributed by atoms with Crippen LogP contribution in [0.1, 0.15) is 44.7 Å². The standard InChI is InChI=1S/C19H22Cl2N2O3/c1-10-5-4-6-15(10)26-18(24)16-11(2)23(3)19(25)22-17(16)12-7-8-13(20)14(21)9-12/h7-10,15,17H,4-6H2,1-3H3,(H,22,25)/t10-,15+,17-/m0/s1. The highest BCUT2D eigenvalue weighted by atomic mass is 35.5. The number of allylic oxidation sites excluding steroid dienone is 1. The normalized spacial score (nSPS) is 26.1. The van der Waals surface area contributed by atoms with Crippen molar-refractivity contribution in [3.8, 4) is 0 Å². The van der Waals surface area contributed by atoms with Gasteiger partial charge < -0.3 is 15.0 Å². The van der Waals surface area contributed by atoms with Crippen molar-refractivity contribution in [2.24, 2.45) is 5.92 Å². The maximum absolute atomic E-state index is 13.0. The molecule has 1 aromatic carbocycles. The molecule has 0 radical (unpaired) electrons. The average Bonchev–Trinajstić information content (AvgIpc) is 2.99. The quantitative estimate of drug-likeness (QED) is 0.753. The van der Waals surface area contributed by atoms with Crippen molar-refractivity contribution in [3.05, 3.63) is 45.1 Å². The SMILES string of the molecule is CC1=C(C(=O)O[C@@H]2CCC[C@@H]2C)[C@H](c2ccc(Cl)c(Cl)c2)NC(=O)N1C. The number of benzene rings is 1. The predicted octanol–water partition coefficient (Wildman–Crippen LogP) is 4.70. The molecule has 0 aromatic heterocycles. The van der Waals surface area contributed by atoms with Gasteiger partial charge in [0.1, 0.15) is 6.10 Å². The summed E-state index contributed by atoms with van der Waals surface area (Å²) in [4.78, 5) is 26.7. The van der Waals surface area contributed by atoms with Gasteiger partial charge in [-0.05, 0) is 49.8 Å². The van der Waals surface area contributed by atoms with Gasteiger partial charge in [-0.1, -0.05) is 36.2 Å². The van der Waals surface area contributed by atoms with Crippen molar-refractivity contribution >= 4 is 35.2 Å². The van der Waals surface area contributed by atoms with E-state index in [9.17, 15) is 9.59 Å². The fraction of sp³-hybridized carbons (Fsp3) is 0.474. The first kappa shape index (κ1) is 19.1. The molecule has 1 heterocycles. The van der Waals surface area contributed by atoms with Gasteiger partial charge in [0.25, 0.3) is 0 Å². The molecular formula is C19H22Cl2N2O3. The number of hydrogen-bond donors (Lipinski definition) is 1. The Morgan fingerprint density at radius 2 is 2.00 bits per heavy atom. The molecule has 26 heavy (non-hydrogen) atoms. The fourth-order valence-electron chi connectivity index (χ4n) is 3.53. The molecule has 2 amide bonds. The summed E-state index contributed by atoms with van der Waals surface area (Å²) < 4.78 is 5.79. The molecule has 3 rings (SSSR count). The number of urea groups is 1. The summed E-state index contributed by atoms with van der Waals surface area (Å²) in [5.41, 5.74) is 1.68. The second-order valence-corrected chi connectivity index (χ2v) is 7.78. The molecule has 3 atom stereocenters. The smallest absolute Gasteiger partial charge is 0.338 e. The number of hydrogen-bond acceptors (Lipinski definition) is 3. The largest absolute Gasteiger partial charge is 0.459 e. The summed E-state index contributed by atoms with van der Waals surface area (Å²) in [6.07, 6.45) is 2.91. The van der Waals surface area contributed by atoms with Crippen molar-refractivity contribution < 1.29 is 14.3 Å². The average molecular weight is 397 g/mol. The molecule has 1 fully saturated rings. The van der Waals surface area contributed by atoms with E-state index in [-0.39, 0.29) is 12.1 Å². The second-order valence-electron chi connectivity index (χ2n) is 6.97. The minimum atomic E-state index is -0.627. The third kappa shape index (κ3) is 3.55. The van der Waals surface area contributed by atoms with Gasteiger partial charge in [0.05, 0.1) is 21.7 Å². The molecule has 0 saturated heterocycles. The molecule has 2 aliphatic rings. The molecule has 1 N–H and O–H groups in total. The molecule has 0 bridgehead atoms. The number of halogens is 2. The number of carbonyl (C=O) groups is 2. The van der Waals surface area contributed by atoms with Crippen molar-refractivity contribution in [3.63, 3.8) is 0 Å². The highest BCUT2D eigenvalue weighted by molar-refractivity contribution is 6.42. The van der Waals surface area contributed by atoms with Crippen LogP contribution in [0.2, 0.25) is 10.0 Å². The van der Waals surface area contributed by atoms with E-state index in [1.807, 2.05) is 0 Å². The number of amides is 2. The second kappa shape index (κ2) is 7.49. The molecule has 5 nitrogen and oxygen atoms in total. The number of nitrogens with one attached hydrogen (secondary N) is 1. The van der Waals surface area contributed by atoms with Gasteiger partial charge in [-0.25, -0.2) is 9.59 Å². The highest BCUT2D eigenvalue weighted by Crippen LogP contribution is 2.35. The van der Waals surface area contributed by atoms with Gasteiger partial charge in [0.15, 0.2) is 0 Å². The zero-order valence-corrected chi connectivity index (χ0v) is 16.5. The zero-order chi connectivity index (χ0) is 19.0. The van der Waals surface area contributed by atoms with E-state index >= 15 is 0 Å². The van der Waals surface area contributed by atoms with Crippen molar-refractivity contribution in [1.82, 2.24) is 10.2 Å². The Labute approximate surface area is 163 Å². The fourth-order valence-corrected chi connectivity index (χ4v) is 3.84. The summed E-state index contributed by atoms with van der Waals surface area (Å²) >= 11 is 12.1. The molecule has 0 unspecified atom stereocenters. The van der Waals surface area contributed by atoms with Crippen LogP contribution in [0.4, 0.5) is 4.79 Å². The molecule has 1 aliphatic carbocycles. The van der Waals surface area contributed by atoms with Crippen LogP contribution in [0.25, 0.3) is 0 Å². The summed E-state index contributed by atoms with van der Waals surface area (Å²) in [5.74, 6) is -0.0524. The van der Waals surface area contributed by atoms with Crippen LogP contribution in [0.3, 0.4) is 0 Å². The van der Waals surface area contributed by atoms with Crippen LogP contribution < -0.4 is 5.32 Å². The van der Waals surface area contributed by atoms with Crippen LogP contribution in [0.15, 0.2) is 29.5 Å². The van der Waals surface area contributed by atoms with Gasteiger partial charge >= 0.3 is 12.0 Å². The minimum absolute atomic E-state index is 0.0832. The Morgan fingerprint density at radius 3 is 2.62 bits per heavy atom. The van der Waals surface area contributed by atoms with Crippen LogP contribution in [-0.4, -0.2) is 30.1 Å². The van der Waals surface area contributed by atoms with Gasteiger partial charge in [-0.3, -0.25) is 0 Å². The molecule has 1 aliphatic heterocycles. The number of rotatable bonds is 3. The summed E-state index contributed by atoms with van der Waals surface area (Å²) in [7, 11) is 1.63. The minimum Gasteiger partial charge on any atom is -0.459 e. The maximum atomic E-state index is 13.0. The van der Waals surface area contributed by atoms with Gasteiger partial charge in [-0.2, -0.15) is 0 Å². The first-order valence-electron chi connectivity index (χ1n) is 8.70. The highest BCUT2D eigenvalue weighted by Gasteiger charge is 2.37. The number of ether oxygens (including phenoxy) is 1. The lowest BCUT2D eigenvalue weighted by atomic mass is 9.95. The summed E-state index contributed by atoms with van der Waals surface area (Å²) in [6.45, 7) is 3.84. The van der Waals surface area contributed by atoms with Crippen molar-refractivity contribution in [2.75, 3.05) is 7.05 Å². The van der Waals surface area contributed by atoms with E-state index in [1.54, 1.807) is 32.2 Å². The molecular weight excluding hydrogens is 375 g/mol. The van der Waals surface area contributed by atoms with E-state index < -0.39 is 12.0 Å². The summed E-state index contributed by atoms with van der Waals surface area (Å²) in [5, 5.41) is 3.64. The molecule has 1 saturated carbocycles. The van der Waals surface area contributed by atoms with Crippen molar-refractivity contribution in [1.29, 1.82) is 0 Å². The molecule has 7 heteroatoms. The van der Waals surface area contributed by atoms with E-state index in [2.05, 4.69) is 12.2 Å². The van der Waals surface area contributed by atoms with Gasteiger partial charge in [0.2, 0.25) is 0 Å². The molecule has 0 spiro atoms. The lowest BCUT2D eigenvalue weighted by Crippen LogP contribution is -2.46. The topological polar surface area (TPSA) is 58.6 Å². The van der Waals surface area contributed by atoms with Crippen LogP contribution in [0, 0.1) is 5.92 Å². The summed E-state index contributed by atoms with van der Waals surface area (Å²) in [6, 6.07) is 4.16. The lowest BCUT2D eigenvalue weighted by molar-refractivity contribution is -0.146. The van der Waals surface area contributed by atoms with Crippen LogP contribution in [0.5, 0.6) is 0 Å². The Balaban J connectivity index is 1.96. The Hall–Kier alpha value is -1.72.